The molecule has 0 fully saturated rings. The van der Waals surface area contributed by atoms with Gasteiger partial charge in [0.25, 0.3) is 0 Å². The average Bonchev–Trinajstić information content (AvgIpc) is 3.56. The Morgan fingerprint density at radius 2 is 1.29 bits per heavy atom. The highest BCUT2D eigenvalue weighted by Gasteiger charge is 2.00. The fourth-order valence-corrected chi connectivity index (χ4v) is 1.54. The van der Waals surface area contributed by atoms with Crippen LogP contribution in [0.1, 0.15) is 126 Å². The lowest BCUT2D eigenvalue weighted by Gasteiger charge is -1.93. The second-order valence-electron chi connectivity index (χ2n) is 6.15. The zero-order valence-electron chi connectivity index (χ0n) is 21.3. The molecule has 0 saturated carbocycles. The number of nitrogens with zero attached hydrogens (tertiary/aromatic N) is 3. The van der Waals surface area contributed by atoms with Crippen LogP contribution in [0.5, 0.6) is 0 Å². The summed E-state index contributed by atoms with van der Waals surface area (Å²) < 4.78 is 14.7. The Balaban J connectivity index is -0.000000155. The molecule has 0 aromatic carbocycles. The minimum absolute atomic E-state index is 0. The lowest BCUT2D eigenvalue weighted by atomic mass is 10.2. The summed E-state index contributed by atoms with van der Waals surface area (Å²) in [6.07, 6.45) is 9.57. The molecule has 3 aromatic heterocycles. The Hall–Kier alpha value is -2.37. The van der Waals surface area contributed by atoms with Gasteiger partial charge in [-0.3, -0.25) is 0 Å². The van der Waals surface area contributed by atoms with E-state index in [4.69, 9.17) is 13.3 Å². The molecule has 6 heteroatoms. The van der Waals surface area contributed by atoms with Crippen molar-refractivity contribution in [1.29, 1.82) is 0 Å². The molecule has 3 heterocycles. The van der Waals surface area contributed by atoms with Gasteiger partial charge >= 0.3 is 0 Å². The molecule has 182 valence electrons. The molecule has 0 bridgehead atoms. The summed E-state index contributed by atoms with van der Waals surface area (Å²) in [6.45, 7) is 24.4. The van der Waals surface area contributed by atoms with E-state index in [1.807, 2.05) is 55.4 Å². The van der Waals surface area contributed by atoms with Crippen molar-refractivity contribution in [1.82, 2.24) is 15.0 Å². The Morgan fingerprint density at radius 3 is 1.48 bits per heavy atom. The molecule has 0 unspecified atom stereocenters. The summed E-state index contributed by atoms with van der Waals surface area (Å²) in [4.78, 5) is 11.7. The molecule has 0 radical (unpaired) electrons. The van der Waals surface area contributed by atoms with Gasteiger partial charge in [0.05, 0.1) is 18.1 Å². The molecule has 3 aromatic rings. The van der Waals surface area contributed by atoms with Crippen molar-refractivity contribution in [3.05, 3.63) is 55.1 Å². The highest BCUT2D eigenvalue weighted by molar-refractivity contribution is 4.96. The summed E-state index contributed by atoms with van der Waals surface area (Å²) in [7, 11) is 0. The lowest BCUT2D eigenvalue weighted by molar-refractivity contribution is 0.471. The van der Waals surface area contributed by atoms with Gasteiger partial charge in [0.2, 0.25) is 0 Å². The second-order valence-corrected chi connectivity index (χ2v) is 6.15. The zero-order valence-corrected chi connectivity index (χ0v) is 21.3. The van der Waals surface area contributed by atoms with E-state index in [0.717, 1.165) is 17.3 Å². The van der Waals surface area contributed by atoms with Gasteiger partial charge in [0.15, 0.2) is 18.7 Å². The molecule has 6 nitrogen and oxygen atoms in total. The minimum atomic E-state index is 0. The summed E-state index contributed by atoms with van der Waals surface area (Å²) in [5.74, 6) is 3.10. The first kappa shape index (κ1) is 36.0. The van der Waals surface area contributed by atoms with Crippen molar-refractivity contribution in [2.24, 2.45) is 0 Å². The van der Waals surface area contributed by atoms with Gasteiger partial charge in [0, 0.05) is 11.8 Å². The molecule has 0 saturated heterocycles. The molecule has 0 aliphatic heterocycles. The van der Waals surface area contributed by atoms with E-state index in [9.17, 15) is 0 Å². The highest BCUT2D eigenvalue weighted by Crippen LogP contribution is 2.11. The second kappa shape index (κ2) is 25.7. The molecule has 0 aliphatic carbocycles. The Labute approximate surface area is 191 Å². The van der Waals surface area contributed by atoms with Crippen LogP contribution in [0.3, 0.4) is 0 Å². The van der Waals surface area contributed by atoms with E-state index in [2.05, 4.69) is 42.6 Å². The Morgan fingerprint density at radius 1 is 0.710 bits per heavy atom. The van der Waals surface area contributed by atoms with Crippen molar-refractivity contribution in [3.8, 4) is 0 Å². The van der Waals surface area contributed by atoms with E-state index < -0.39 is 0 Å². The monoisotopic (exact) mass is 439 g/mol. The number of hydrogen-bond donors (Lipinski definition) is 0. The number of rotatable bonds is 3. The molecular weight excluding hydrogens is 390 g/mol. The minimum Gasteiger partial charge on any atom is -0.451 e. The van der Waals surface area contributed by atoms with Gasteiger partial charge < -0.3 is 13.3 Å². The summed E-state index contributed by atoms with van der Waals surface area (Å²) >= 11 is 0. The maximum atomic E-state index is 4.98. The smallest absolute Gasteiger partial charge is 0.196 e. The van der Waals surface area contributed by atoms with Gasteiger partial charge in [-0.15, -0.1) is 0 Å². The van der Waals surface area contributed by atoms with Crippen LogP contribution in [0.2, 0.25) is 0 Å². The fourth-order valence-electron chi connectivity index (χ4n) is 1.54. The topological polar surface area (TPSA) is 78.1 Å². The van der Waals surface area contributed by atoms with E-state index in [1.54, 1.807) is 24.9 Å². The summed E-state index contributed by atoms with van der Waals surface area (Å²) in [6, 6.07) is 0. The fraction of sp³-hybridized carbons (Fsp3) is 0.640. The first-order valence-corrected chi connectivity index (χ1v) is 11.1. The maximum Gasteiger partial charge on any atom is 0.196 e. The Kier molecular flexibility index (Phi) is 29.8. The van der Waals surface area contributed by atoms with E-state index in [1.165, 1.54) is 12.8 Å². The molecule has 0 aliphatic rings. The quantitative estimate of drug-likeness (QED) is 0.405. The van der Waals surface area contributed by atoms with Crippen LogP contribution in [-0.2, 0) is 0 Å². The molecule has 0 N–H and O–H groups in total. The first-order chi connectivity index (χ1) is 14.4. The third-order valence-electron chi connectivity index (χ3n) is 3.01. The molecule has 0 atom stereocenters. The van der Waals surface area contributed by atoms with Crippen LogP contribution < -0.4 is 0 Å². The zero-order chi connectivity index (χ0) is 23.9. The third-order valence-corrected chi connectivity index (χ3v) is 3.01. The average molecular weight is 440 g/mol. The summed E-state index contributed by atoms with van der Waals surface area (Å²) in [5, 5.41) is 0. The molecule has 0 amide bonds. The SMILES string of the molecule is C.CC.CC.CC.CC(C)c1cnco1.CC(C)c1cocn1.CC(C)c1ncco1. The van der Waals surface area contributed by atoms with Gasteiger partial charge in [-0.05, 0) is 5.92 Å². The van der Waals surface area contributed by atoms with Crippen LogP contribution in [0, 0.1) is 0 Å². The molecule has 31 heavy (non-hydrogen) atoms. The molecule has 0 spiro atoms. The van der Waals surface area contributed by atoms with Crippen molar-refractivity contribution in [2.75, 3.05) is 0 Å². The van der Waals surface area contributed by atoms with Crippen molar-refractivity contribution >= 4 is 0 Å². The number of aromatic nitrogens is 3. The van der Waals surface area contributed by atoms with E-state index >= 15 is 0 Å². The predicted molar refractivity (Wildman–Crippen MR) is 133 cm³/mol. The van der Waals surface area contributed by atoms with Crippen molar-refractivity contribution in [3.63, 3.8) is 0 Å². The lowest BCUT2D eigenvalue weighted by Crippen LogP contribution is -1.83. The van der Waals surface area contributed by atoms with Gasteiger partial charge in [-0.2, -0.15) is 0 Å². The van der Waals surface area contributed by atoms with Gasteiger partial charge in [0.1, 0.15) is 18.3 Å². The van der Waals surface area contributed by atoms with Crippen molar-refractivity contribution < 1.29 is 13.3 Å². The predicted octanol–water partition coefficient (Wildman–Crippen LogP) is 9.11. The third kappa shape index (κ3) is 19.3. The number of hydrogen-bond acceptors (Lipinski definition) is 6. The highest BCUT2D eigenvalue weighted by atomic mass is 16.3. The largest absolute Gasteiger partial charge is 0.451 e. The molecular formula is C25H49N3O3. The maximum absolute atomic E-state index is 4.98. The van der Waals surface area contributed by atoms with Gasteiger partial charge in [-0.25, -0.2) is 15.0 Å². The van der Waals surface area contributed by atoms with E-state index in [0.29, 0.717) is 17.8 Å². The first-order valence-electron chi connectivity index (χ1n) is 11.1. The van der Waals surface area contributed by atoms with Crippen molar-refractivity contribution in [2.45, 2.75) is 108 Å². The van der Waals surface area contributed by atoms with E-state index in [-0.39, 0.29) is 7.43 Å². The molecule has 3 rings (SSSR count). The van der Waals surface area contributed by atoms with Crippen LogP contribution >= 0.6 is 0 Å². The normalized spacial score (nSPS) is 8.61. The summed E-state index contributed by atoms with van der Waals surface area (Å²) in [5.41, 5.74) is 1.02. The van der Waals surface area contributed by atoms with Crippen LogP contribution in [0.15, 0.2) is 51.0 Å². The van der Waals surface area contributed by atoms with Crippen LogP contribution in [0.25, 0.3) is 0 Å². The van der Waals surface area contributed by atoms with Gasteiger partial charge in [-0.1, -0.05) is 90.5 Å². The standard InChI is InChI=1S/3C6H9NO.3C2H6.CH4/c1-5(2)6-3-8-4-7-6;1-5(2)6-3-7-4-8-6;1-5(2)6-7-3-4-8-6;3*1-2;/h3*3-5H,1-2H3;3*1-2H3;1H4. The van der Waals surface area contributed by atoms with Crippen LogP contribution in [-0.4, -0.2) is 15.0 Å². The Bertz CT molecular complexity index is 524. The number of oxazole rings is 3. The van der Waals surface area contributed by atoms with Crippen LogP contribution in [0.4, 0.5) is 0 Å².